The first-order valence-electron chi connectivity index (χ1n) is 11.3. The van der Waals surface area contributed by atoms with Gasteiger partial charge in [-0.25, -0.2) is 4.98 Å². The van der Waals surface area contributed by atoms with Crippen LogP contribution in [0.1, 0.15) is 56.8 Å². The van der Waals surface area contributed by atoms with Crippen LogP contribution in [0.2, 0.25) is 0 Å². The van der Waals surface area contributed by atoms with Crippen LogP contribution in [0.3, 0.4) is 0 Å². The molecule has 1 aliphatic rings. The summed E-state index contributed by atoms with van der Waals surface area (Å²) in [6.07, 6.45) is 2.44. The highest BCUT2D eigenvalue weighted by molar-refractivity contribution is 7.14. The highest BCUT2D eigenvalue weighted by Crippen LogP contribution is 2.43. The van der Waals surface area contributed by atoms with Gasteiger partial charge in [0.1, 0.15) is 11.5 Å². The fraction of sp³-hybridized carbons (Fsp3) is 0.296. The van der Waals surface area contributed by atoms with E-state index in [9.17, 15) is 14.7 Å². The molecule has 1 aromatic heterocycles. The summed E-state index contributed by atoms with van der Waals surface area (Å²) in [4.78, 5) is 32.0. The van der Waals surface area contributed by atoms with Crippen molar-refractivity contribution in [1.29, 1.82) is 0 Å². The van der Waals surface area contributed by atoms with Crippen molar-refractivity contribution in [3.8, 4) is 5.75 Å². The molecule has 1 unspecified atom stereocenters. The molecule has 1 fully saturated rings. The summed E-state index contributed by atoms with van der Waals surface area (Å²) >= 11 is 1.27. The van der Waals surface area contributed by atoms with Gasteiger partial charge in [0.05, 0.1) is 18.2 Å². The zero-order valence-electron chi connectivity index (χ0n) is 19.7. The highest BCUT2D eigenvalue weighted by atomic mass is 32.1. The lowest BCUT2D eigenvalue weighted by Crippen LogP contribution is -2.29. The van der Waals surface area contributed by atoms with E-state index in [2.05, 4.69) is 25.8 Å². The van der Waals surface area contributed by atoms with E-state index in [1.54, 1.807) is 35.8 Å². The number of hydrogen-bond acceptors (Lipinski definition) is 6. The minimum absolute atomic E-state index is 0.0383. The first-order valence-corrected chi connectivity index (χ1v) is 12.1. The monoisotopic (exact) mass is 476 g/mol. The zero-order chi connectivity index (χ0) is 24.5. The van der Waals surface area contributed by atoms with Gasteiger partial charge in [0.2, 0.25) is 0 Å². The highest BCUT2D eigenvalue weighted by Gasteiger charge is 2.48. The molecular formula is C27H28N2O4S. The molecule has 1 atom stereocenters. The molecule has 2 heterocycles. The smallest absolute Gasteiger partial charge is 0.301 e. The number of thiazole rings is 1. The van der Waals surface area contributed by atoms with Crippen molar-refractivity contribution in [3.05, 3.63) is 82.4 Å². The third-order valence-corrected chi connectivity index (χ3v) is 6.51. The predicted octanol–water partition coefficient (Wildman–Crippen LogP) is 5.86. The second kappa shape index (κ2) is 9.43. The van der Waals surface area contributed by atoms with Gasteiger partial charge in [-0.1, -0.05) is 64.1 Å². The number of ketones is 1. The van der Waals surface area contributed by atoms with E-state index in [1.807, 2.05) is 31.2 Å². The summed E-state index contributed by atoms with van der Waals surface area (Å²) in [7, 11) is 0. The second-order valence-corrected chi connectivity index (χ2v) is 10.1. The fourth-order valence-electron chi connectivity index (χ4n) is 3.95. The van der Waals surface area contributed by atoms with Gasteiger partial charge < -0.3 is 9.84 Å². The number of anilines is 1. The van der Waals surface area contributed by atoms with Crippen molar-refractivity contribution in [2.24, 2.45) is 0 Å². The molecule has 6 nitrogen and oxygen atoms in total. The molecule has 1 N–H and O–H groups in total. The predicted molar refractivity (Wildman–Crippen MR) is 134 cm³/mol. The van der Waals surface area contributed by atoms with Crippen LogP contribution in [0.25, 0.3) is 5.76 Å². The molecule has 176 valence electrons. The van der Waals surface area contributed by atoms with Crippen molar-refractivity contribution in [2.45, 2.75) is 45.6 Å². The number of nitrogens with zero attached hydrogens (tertiary/aromatic N) is 2. The Kier molecular flexibility index (Phi) is 6.57. The van der Waals surface area contributed by atoms with Gasteiger partial charge in [-0.2, -0.15) is 0 Å². The van der Waals surface area contributed by atoms with E-state index >= 15 is 0 Å². The molecule has 0 aliphatic carbocycles. The number of carbonyl (C=O) groups is 2. The lowest BCUT2D eigenvalue weighted by Gasteiger charge is -2.24. The Balaban J connectivity index is 1.86. The summed E-state index contributed by atoms with van der Waals surface area (Å²) in [5, 5.41) is 13.5. The second-order valence-electron chi connectivity index (χ2n) is 9.23. The average molecular weight is 477 g/mol. The minimum Gasteiger partial charge on any atom is -0.507 e. The van der Waals surface area contributed by atoms with E-state index in [0.29, 0.717) is 23.1 Å². The van der Waals surface area contributed by atoms with Crippen molar-refractivity contribution < 1.29 is 19.4 Å². The Morgan fingerprint density at radius 3 is 2.50 bits per heavy atom. The number of amides is 1. The SMILES string of the molecule is CCCOc1cccc(C(O)=C2C(=O)C(=O)N(c3nccs3)C2c2ccc(C(C)(C)C)cc2)c1. The van der Waals surface area contributed by atoms with Crippen LogP contribution < -0.4 is 9.64 Å². The maximum atomic E-state index is 13.2. The van der Waals surface area contributed by atoms with Crippen molar-refractivity contribution in [3.63, 3.8) is 0 Å². The van der Waals surface area contributed by atoms with Gasteiger partial charge in [0.15, 0.2) is 5.13 Å². The maximum Gasteiger partial charge on any atom is 0.301 e. The number of carbonyl (C=O) groups excluding carboxylic acids is 2. The molecule has 2 aromatic carbocycles. The third kappa shape index (κ3) is 4.48. The Labute approximate surface area is 203 Å². The molecule has 0 radical (unpaired) electrons. The summed E-state index contributed by atoms with van der Waals surface area (Å²) in [6.45, 7) is 8.92. The molecule has 1 amide bonds. The lowest BCUT2D eigenvalue weighted by molar-refractivity contribution is -0.132. The van der Waals surface area contributed by atoms with Crippen LogP contribution in [0, 0.1) is 0 Å². The van der Waals surface area contributed by atoms with Crippen molar-refractivity contribution >= 4 is 33.9 Å². The topological polar surface area (TPSA) is 79.7 Å². The van der Waals surface area contributed by atoms with Crippen LogP contribution in [-0.2, 0) is 15.0 Å². The van der Waals surface area contributed by atoms with Gasteiger partial charge >= 0.3 is 5.91 Å². The fourth-order valence-corrected chi connectivity index (χ4v) is 4.62. The Hall–Kier alpha value is -3.45. The molecule has 0 bridgehead atoms. The summed E-state index contributed by atoms with van der Waals surface area (Å²) in [5.41, 5.74) is 2.26. The number of rotatable bonds is 6. The number of aliphatic hydroxyl groups is 1. The quantitative estimate of drug-likeness (QED) is 0.274. The van der Waals surface area contributed by atoms with E-state index in [0.717, 1.165) is 17.5 Å². The number of hydrogen-bond donors (Lipinski definition) is 1. The first-order chi connectivity index (χ1) is 16.2. The number of Topliss-reactive ketones (excluding diaryl/α,β-unsaturated/α-hetero) is 1. The van der Waals surface area contributed by atoms with Crippen LogP contribution >= 0.6 is 11.3 Å². The lowest BCUT2D eigenvalue weighted by atomic mass is 9.85. The van der Waals surface area contributed by atoms with Crippen LogP contribution in [-0.4, -0.2) is 28.4 Å². The molecule has 0 spiro atoms. The molecule has 1 aliphatic heterocycles. The molecule has 1 saturated heterocycles. The normalized spacial score (nSPS) is 17.9. The molecule has 0 saturated carbocycles. The van der Waals surface area contributed by atoms with Gasteiger partial charge in [-0.3, -0.25) is 14.5 Å². The average Bonchev–Trinajstić information content (AvgIpc) is 3.44. The Morgan fingerprint density at radius 1 is 1.15 bits per heavy atom. The molecule has 4 rings (SSSR count). The minimum atomic E-state index is -0.791. The molecule has 7 heteroatoms. The summed E-state index contributed by atoms with van der Waals surface area (Å²) < 4.78 is 5.69. The third-order valence-electron chi connectivity index (χ3n) is 5.74. The number of aliphatic hydroxyl groups excluding tert-OH is 1. The number of ether oxygens (including phenoxy) is 1. The molecular weight excluding hydrogens is 448 g/mol. The van der Waals surface area contributed by atoms with Gasteiger partial charge in [-0.15, -0.1) is 11.3 Å². The van der Waals surface area contributed by atoms with Gasteiger partial charge in [-0.05, 0) is 35.1 Å². The van der Waals surface area contributed by atoms with Crippen molar-refractivity contribution in [1.82, 2.24) is 4.98 Å². The van der Waals surface area contributed by atoms with Gasteiger partial charge in [0.25, 0.3) is 5.78 Å². The zero-order valence-corrected chi connectivity index (χ0v) is 20.6. The van der Waals surface area contributed by atoms with Crippen LogP contribution in [0.4, 0.5) is 5.13 Å². The summed E-state index contributed by atoms with van der Waals surface area (Å²) in [6, 6.07) is 13.9. The number of aromatic nitrogens is 1. The maximum absolute atomic E-state index is 13.2. The largest absolute Gasteiger partial charge is 0.507 e. The Morgan fingerprint density at radius 2 is 1.88 bits per heavy atom. The molecule has 3 aromatic rings. The van der Waals surface area contributed by atoms with Crippen LogP contribution in [0.15, 0.2) is 65.7 Å². The Bertz CT molecular complexity index is 1220. The van der Waals surface area contributed by atoms with Crippen LogP contribution in [0.5, 0.6) is 5.75 Å². The standard InChI is InChI=1S/C27H28N2O4S/c1-5-14-33-20-8-6-7-18(16-20)23(30)21-22(17-9-11-19(12-10-17)27(2,3)4)29(25(32)24(21)31)26-28-13-15-34-26/h6-13,15-16,22,30H,5,14H2,1-4H3. The van der Waals surface area contributed by atoms with Gasteiger partial charge in [0, 0.05) is 17.1 Å². The van der Waals surface area contributed by atoms with Crippen molar-refractivity contribution in [2.75, 3.05) is 11.5 Å². The summed E-state index contributed by atoms with van der Waals surface area (Å²) in [5.74, 6) is -1.09. The molecule has 34 heavy (non-hydrogen) atoms. The van der Waals surface area contributed by atoms with E-state index in [4.69, 9.17) is 4.74 Å². The number of benzene rings is 2. The van der Waals surface area contributed by atoms with E-state index in [-0.39, 0.29) is 16.7 Å². The first kappa shape index (κ1) is 23.7. The van der Waals surface area contributed by atoms with E-state index < -0.39 is 17.7 Å². The van der Waals surface area contributed by atoms with E-state index in [1.165, 1.54) is 16.2 Å².